The van der Waals surface area contributed by atoms with Crippen LogP contribution in [0.5, 0.6) is 0 Å². The summed E-state index contributed by atoms with van der Waals surface area (Å²) in [6, 6.07) is 1.31. The van der Waals surface area contributed by atoms with Crippen molar-refractivity contribution >= 4 is 16.8 Å². The van der Waals surface area contributed by atoms with Crippen molar-refractivity contribution in [2.75, 3.05) is 6.61 Å². The van der Waals surface area contributed by atoms with E-state index in [4.69, 9.17) is 4.18 Å². The molecular formula is C12H20O3SSi. The van der Waals surface area contributed by atoms with Gasteiger partial charge in [0.25, 0.3) is 0 Å². The molecule has 0 saturated carbocycles. The molecule has 0 spiro atoms. The van der Waals surface area contributed by atoms with E-state index in [1.54, 1.807) is 18.2 Å². The molecule has 0 fully saturated rings. The lowest BCUT2D eigenvalue weighted by atomic mass is 10.7. The van der Waals surface area contributed by atoms with Gasteiger partial charge in [-0.1, -0.05) is 24.3 Å². The van der Waals surface area contributed by atoms with Crippen LogP contribution in [0, 0.1) is 0 Å². The minimum Gasteiger partial charge on any atom is -0.272 e. The molecule has 0 aliphatic heterocycles. The molecule has 96 valence electrons. The van der Waals surface area contributed by atoms with Gasteiger partial charge in [-0.25, -0.2) is 8.42 Å². The molecule has 0 aromatic heterocycles. The molecule has 0 radical (unpaired) electrons. The standard InChI is InChI=1S/C12H20O3SSi/c1-5-9-15-16(13,14)17(10-6-2,11-7-3)12-8-4/h5-8H,1-4,9-12H2. The molecular weight excluding hydrogens is 252 g/mol. The van der Waals surface area contributed by atoms with Crippen LogP contribution < -0.4 is 0 Å². The Morgan fingerprint density at radius 2 is 1.29 bits per heavy atom. The lowest BCUT2D eigenvalue weighted by Crippen LogP contribution is -2.43. The van der Waals surface area contributed by atoms with E-state index >= 15 is 0 Å². The Hall–Kier alpha value is -0.913. The summed E-state index contributed by atoms with van der Waals surface area (Å²) in [6.07, 6.45) is 6.32. The van der Waals surface area contributed by atoms with E-state index in [-0.39, 0.29) is 6.61 Å². The molecule has 17 heavy (non-hydrogen) atoms. The minimum atomic E-state index is -3.58. The van der Waals surface area contributed by atoms with Crippen LogP contribution >= 0.6 is 0 Å². The topological polar surface area (TPSA) is 43.4 Å². The van der Waals surface area contributed by atoms with E-state index in [0.29, 0.717) is 18.1 Å². The molecule has 0 amide bonds. The van der Waals surface area contributed by atoms with Gasteiger partial charge in [-0.3, -0.25) is 4.18 Å². The van der Waals surface area contributed by atoms with Crippen molar-refractivity contribution < 1.29 is 12.6 Å². The molecule has 0 N–H and O–H groups in total. The normalized spacial score (nSPS) is 11.8. The summed E-state index contributed by atoms with van der Waals surface area (Å²) in [5.74, 6) is 0. The van der Waals surface area contributed by atoms with Crippen molar-refractivity contribution in [3.05, 3.63) is 50.6 Å². The molecule has 0 aliphatic carbocycles. The van der Waals surface area contributed by atoms with Gasteiger partial charge >= 0.3 is 0 Å². The molecule has 5 heteroatoms. The first kappa shape index (κ1) is 16.1. The zero-order chi connectivity index (χ0) is 13.4. The van der Waals surface area contributed by atoms with Crippen molar-refractivity contribution in [1.29, 1.82) is 0 Å². The number of allylic oxidation sites excluding steroid dienone is 3. The Morgan fingerprint density at radius 1 is 0.882 bits per heavy atom. The van der Waals surface area contributed by atoms with Gasteiger partial charge in [0.2, 0.25) is 16.8 Å². The quantitative estimate of drug-likeness (QED) is 0.453. The van der Waals surface area contributed by atoms with Crippen LogP contribution in [0.3, 0.4) is 0 Å². The number of rotatable bonds is 10. The zero-order valence-corrected chi connectivity index (χ0v) is 11.9. The van der Waals surface area contributed by atoms with Crippen molar-refractivity contribution in [1.82, 2.24) is 0 Å². The molecule has 0 aliphatic rings. The first-order valence-corrected chi connectivity index (χ1v) is 10.1. The molecule has 0 atom stereocenters. The summed E-state index contributed by atoms with van der Waals surface area (Å²) in [7, 11) is -6.29. The van der Waals surface area contributed by atoms with E-state index in [1.807, 2.05) is 0 Å². The zero-order valence-electron chi connectivity index (χ0n) is 10.1. The maximum atomic E-state index is 12.2. The third-order valence-corrected chi connectivity index (χ3v) is 12.1. The van der Waals surface area contributed by atoms with Gasteiger partial charge in [-0.2, -0.15) is 0 Å². The first-order valence-electron chi connectivity index (χ1n) is 5.32. The van der Waals surface area contributed by atoms with E-state index < -0.39 is 16.8 Å². The van der Waals surface area contributed by atoms with Crippen LogP contribution in [0.1, 0.15) is 0 Å². The smallest absolute Gasteiger partial charge is 0.240 e. The number of hydrogen-bond acceptors (Lipinski definition) is 3. The van der Waals surface area contributed by atoms with Crippen LogP contribution in [0.4, 0.5) is 0 Å². The van der Waals surface area contributed by atoms with Gasteiger partial charge in [-0.15, -0.1) is 26.3 Å². The van der Waals surface area contributed by atoms with Crippen LogP contribution in [-0.2, 0) is 13.8 Å². The van der Waals surface area contributed by atoms with Gasteiger partial charge in [0.1, 0.15) is 0 Å². The van der Waals surface area contributed by atoms with Crippen LogP contribution in [0.25, 0.3) is 0 Å². The molecule has 0 aromatic rings. The fraction of sp³-hybridized carbons (Fsp3) is 0.333. The third kappa shape index (κ3) is 4.11. The molecule has 0 aromatic carbocycles. The van der Waals surface area contributed by atoms with Crippen molar-refractivity contribution in [3.63, 3.8) is 0 Å². The van der Waals surface area contributed by atoms with E-state index in [0.717, 1.165) is 0 Å². The Kier molecular flexibility index (Phi) is 7.02. The van der Waals surface area contributed by atoms with Gasteiger partial charge < -0.3 is 0 Å². The molecule has 0 heterocycles. The summed E-state index contributed by atoms with van der Waals surface area (Å²) < 4.78 is 29.4. The Morgan fingerprint density at radius 3 is 1.59 bits per heavy atom. The predicted molar refractivity (Wildman–Crippen MR) is 75.8 cm³/mol. The Balaban J connectivity index is 5.36. The Bertz CT molecular complexity index is 358. The summed E-state index contributed by atoms with van der Waals surface area (Å²) in [5.41, 5.74) is 0. The van der Waals surface area contributed by atoms with E-state index in [9.17, 15) is 8.42 Å². The van der Waals surface area contributed by atoms with Crippen molar-refractivity contribution in [3.8, 4) is 0 Å². The molecule has 0 unspecified atom stereocenters. The third-order valence-electron chi connectivity index (χ3n) is 2.42. The summed E-state index contributed by atoms with van der Waals surface area (Å²) in [6.45, 7) is 14.3. The van der Waals surface area contributed by atoms with E-state index in [1.165, 1.54) is 6.08 Å². The Labute approximate surface area is 105 Å². The van der Waals surface area contributed by atoms with Gasteiger partial charge in [0.05, 0.1) is 6.61 Å². The second-order valence-corrected chi connectivity index (χ2v) is 12.5. The van der Waals surface area contributed by atoms with E-state index in [2.05, 4.69) is 26.3 Å². The average Bonchev–Trinajstić information content (AvgIpc) is 2.27. The molecule has 0 rings (SSSR count). The predicted octanol–water partition coefficient (Wildman–Crippen LogP) is 3.02. The number of hydrogen-bond donors (Lipinski definition) is 0. The van der Waals surface area contributed by atoms with Gasteiger partial charge in [-0.05, 0) is 18.1 Å². The molecule has 0 saturated heterocycles. The lowest BCUT2D eigenvalue weighted by molar-refractivity contribution is 0.367. The van der Waals surface area contributed by atoms with Crippen molar-refractivity contribution in [2.45, 2.75) is 18.1 Å². The SMILES string of the molecule is C=CCOS(=O)(=O)[Si](CC=C)(CC=C)CC=C. The first-order chi connectivity index (χ1) is 7.99. The lowest BCUT2D eigenvalue weighted by Gasteiger charge is -2.26. The molecule has 0 bridgehead atoms. The van der Waals surface area contributed by atoms with Crippen LogP contribution in [-0.4, -0.2) is 22.2 Å². The van der Waals surface area contributed by atoms with Crippen LogP contribution in [0.2, 0.25) is 18.1 Å². The largest absolute Gasteiger partial charge is 0.272 e. The minimum absolute atomic E-state index is 0.00249. The highest BCUT2D eigenvalue weighted by Gasteiger charge is 2.45. The highest BCUT2D eigenvalue weighted by molar-refractivity contribution is 8.18. The fourth-order valence-electron chi connectivity index (χ4n) is 1.61. The maximum absolute atomic E-state index is 12.2. The summed E-state index contributed by atoms with van der Waals surface area (Å²) >= 11 is 0. The summed E-state index contributed by atoms with van der Waals surface area (Å²) in [4.78, 5) is 0. The monoisotopic (exact) mass is 272 g/mol. The highest BCUT2D eigenvalue weighted by atomic mass is 32.4. The second kappa shape index (κ2) is 7.42. The second-order valence-electron chi connectivity index (χ2n) is 3.69. The van der Waals surface area contributed by atoms with Crippen LogP contribution in [0.15, 0.2) is 50.6 Å². The summed E-state index contributed by atoms with van der Waals surface area (Å²) in [5, 5.41) is 0. The van der Waals surface area contributed by atoms with Crippen molar-refractivity contribution in [2.24, 2.45) is 0 Å². The fourth-order valence-corrected chi connectivity index (χ4v) is 8.68. The maximum Gasteiger partial charge on any atom is 0.240 e. The average molecular weight is 272 g/mol. The van der Waals surface area contributed by atoms with Gasteiger partial charge in [0.15, 0.2) is 0 Å². The molecule has 3 nitrogen and oxygen atoms in total. The highest BCUT2D eigenvalue weighted by Crippen LogP contribution is 2.30. The van der Waals surface area contributed by atoms with Gasteiger partial charge in [0, 0.05) is 0 Å².